The molecule has 0 saturated carbocycles. The number of aromatic nitrogens is 1. The molecule has 0 aliphatic rings. The molecule has 0 aliphatic heterocycles. The molecule has 0 atom stereocenters. The summed E-state index contributed by atoms with van der Waals surface area (Å²) in [5, 5.41) is 8.09. The molecule has 0 fully saturated rings. The second-order valence-electron chi connectivity index (χ2n) is 4.87. The second-order valence-corrected chi connectivity index (χ2v) is 6.16. The SMILES string of the molecule is Cc1nc(C)c(CNCCCNCC(C)C)s1. The largest absolute Gasteiger partial charge is 0.316 e. The van der Waals surface area contributed by atoms with Crippen LogP contribution in [0.1, 0.15) is 35.8 Å². The van der Waals surface area contributed by atoms with E-state index >= 15 is 0 Å². The van der Waals surface area contributed by atoms with Crippen molar-refractivity contribution < 1.29 is 0 Å². The van der Waals surface area contributed by atoms with Crippen LogP contribution in [0.3, 0.4) is 0 Å². The highest BCUT2D eigenvalue weighted by molar-refractivity contribution is 7.11. The van der Waals surface area contributed by atoms with Crippen molar-refractivity contribution in [2.24, 2.45) is 5.92 Å². The van der Waals surface area contributed by atoms with Crippen molar-refractivity contribution in [1.82, 2.24) is 15.6 Å². The molecular formula is C13H25N3S. The molecule has 0 spiro atoms. The van der Waals surface area contributed by atoms with Crippen molar-refractivity contribution in [3.63, 3.8) is 0 Å². The standard InChI is InChI=1S/C13H25N3S/c1-10(2)8-14-6-5-7-15-9-13-11(3)16-12(4)17-13/h10,14-15H,5-9H2,1-4H3. The molecule has 98 valence electrons. The first-order chi connectivity index (χ1) is 8.09. The Balaban J connectivity index is 2.03. The van der Waals surface area contributed by atoms with Gasteiger partial charge in [-0.05, 0) is 45.8 Å². The fourth-order valence-electron chi connectivity index (χ4n) is 1.67. The van der Waals surface area contributed by atoms with Crippen molar-refractivity contribution in [1.29, 1.82) is 0 Å². The molecule has 1 heterocycles. The lowest BCUT2D eigenvalue weighted by atomic mass is 10.2. The van der Waals surface area contributed by atoms with Gasteiger partial charge in [0.2, 0.25) is 0 Å². The molecule has 0 saturated heterocycles. The van der Waals surface area contributed by atoms with Crippen molar-refractivity contribution in [2.75, 3.05) is 19.6 Å². The minimum Gasteiger partial charge on any atom is -0.316 e. The smallest absolute Gasteiger partial charge is 0.0900 e. The Bertz CT molecular complexity index is 320. The van der Waals surface area contributed by atoms with E-state index in [2.05, 4.69) is 43.3 Å². The molecule has 3 nitrogen and oxygen atoms in total. The number of aryl methyl sites for hydroxylation is 2. The molecule has 0 amide bonds. The lowest BCUT2D eigenvalue weighted by Gasteiger charge is -2.07. The average Bonchev–Trinajstić information content (AvgIpc) is 2.55. The monoisotopic (exact) mass is 255 g/mol. The summed E-state index contributed by atoms with van der Waals surface area (Å²) in [6, 6.07) is 0. The van der Waals surface area contributed by atoms with Crippen LogP contribution in [0.15, 0.2) is 0 Å². The van der Waals surface area contributed by atoms with E-state index in [1.54, 1.807) is 11.3 Å². The van der Waals surface area contributed by atoms with Gasteiger partial charge < -0.3 is 10.6 Å². The van der Waals surface area contributed by atoms with Crippen molar-refractivity contribution in [3.05, 3.63) is 15.6 Å². The minimum absolute atomic E-state index is 0.741. The van der Waals surface area contributed by atoms with Crippen LogP contribution in [-0.2, 0) is 6.54 Å². The van der Waals surface area contributed by atoms with Crippen LogP contribution in [0, 0.1) is 19.8 Å². The molecule has 2 N–H and O–H groups in total. The third kappa shape index (κ3) is 6.15. The minimum atomic E-state index is 0.741. The number of hydrogen-bond acceptors (Lipinski definition) is 4. The Hall–Kier alpha value is -0.450. The molecule has 0 aliphatic carbocycles. The molecule has 0 unspecified atom stereocenters. The Kier molecular flexibility index (Phi) is 6.70. The molecule has 1 rings (SSSR count). The highest BCUT2D eigenvalue weighted by Gasteiger charge is 2.03. The van der Waals surface area contributed by atoms with Crippen LogP contribution < -0.4 is 10.6 Å². The maximum Gasteiger partial charge on any atom is 0.0900 e. The first kappa shape index (κ1) is 14.6. The van der Waals surface area contributed by atoms with E-state index in [1.807, 2.05) is 0 Å². The summed E-state index contributed by atoms with van der Waals surface area (Å²) in [6.07, 6.45) is 1.18. The lowest BCUT2D eigenvalue weighted by Crippen LogP contribution is -2.24. The van der Waals surface area contributed by atoms with E-state index in [4.69, 9.17) is 0 Å². The van der Waals surface area contributed by atoms with Gasteiger partial charge in [-0.15, -0.1) is 11.3 Å². The topological polar surface area (TPSA) is 37.0 Å². The normalized spacial score (nSPS) is 11.4. The molecule has 17 heavy (non-hydrogen) atoms. The predicted molar refractivity (Wildman–Crippen MR) is 75.6 cm³/mol. The fraction of sp³-hybridized carbons (Fsp3) is 0.769. The summed E-state index contributed by atoms with van der Waals surface area (Å²) >= 11 is 1.80. The van der Waals surface area contributed by atoms with Gasteiger partial charge in [-0.2, -0.15) is 0 Å². The van der Waals surface area contributed by atoms with Crippen molar-refractivity contribution in [2.45, 2.75) is 40.7 Å². The first-order valence-electron chi connectivity index (χ1n) is 6.44. The van der Waals surface area contributed by atoms with Crippen LogP contribution in [0.4, 0.5) is 0 Å². The predicted octanol–water partition coefficient (Wildman–Crippen LogP) is 2.49. The summed E-state index contributed by atoms with van der Waals surface area (Å²) in [5.74, 6) is 0.741. The van der Waals surface area contributed by atoms with Crippen molar-refractivity contribution >= 4 is 11.3 Å². The molecule has 1 aromatic rings. The van der Waals surface area contributed by atoms with E-state index in [-0.39, 0.29) is 0 Å². The maximum atomic E-state index is 4.42. The van der Waals surface area contributed by atoms with Crippen LogP contribution in [-0.4, -0.2) is 24.6 Å². The van der Waals surface area contributed by atoms with Crippen LogP contribution in [0.5, 0.6) is 0 Å². The van der Waals surface area contributed by atoms with Gasteiger partial charge in [-0.1, -0.05) is 13.8 Å². The zero-order valence-corrected chi connectivity index (χ0v) is 12.3. The van der Waals surface area contributed by atoms with Gasteiger partial charge in [0.1, 0.15) is 0 Å². The number of nitrogens with one attached hydrogen (secondary N) is 2. The van der Waals surface area contributed by atoms with E-state index in [9.17, 15) is 0 Å². The van der Waals surface area contributed by atoms with Gasteiger partial charge >= 0.3 is 0 Å². The number of nitrogens with zero attached hydrogens (tertiary/aromatic N) is 1. The van der Waals surface area contributed by atoms with Crippen LogP contribution in [0.25, 0.3) is 0 Å². The van der Waals surface area contributed by atoms with Gasteiger partial charge in [-0.25, -0.2) is 4.98 Å². The third-order valence-electron chi connectivity index (χ3n) is 2.54. The molecular weight excluding hydrogens is 230 g/mol. The lowest BCUT2D eigenvalue weighted by molar-refractivity contribution is 0.530. The van der Waals surface area contributed by atoms with Crippen molar-refractivity contribution in [3.8, 4) is 0 Å². The summed E-state index contributed by atoms with van der Waals surface area (Å²) < 4.78 is 0. The molecule has 4 heteroatoms. The molecule has 0 aromatic carbocycles. The van der Waals surface area contributed by atoms with Gasteiger partial charge in [0, 0.05) is 11.4 Å². The number of hydrogen-bond donors (Lipinski definition) is 2. The average molecular weight is 255 g/mol. The highest BCUT2D eigenvalue weighted by Crippen LogP contribution is 2.16. The quantitative estimate of drug-likeness (QED) is 0.701. The molecule has 0 radical (unpaired) electrons. The molecule has 0 bridgehead atoms. The molecule has 1 aromatic heterocycles. The van der Waals surface area contributed by atoms with Crippen LogP contribution >= 0.6 is 11.3 Å². The summed E-state index contributed by atoms with van der Waals surface area (Å²) in [4.78, 5) is 5.80. The maximum absolute atomic E-state index is 4.42. The third-order valence-corrected chi connectivity index (χ3v) is 3.62. The Labute approximate surface area is 109 Å². The van der Waals surface area contributed by atoms with Gasteiger partial charge in [0.05, 0.1) is 10.7 Å². The van der Waals surface area contributed by atoms with E-state index in [0.29, 0.717) is 0 Å². The van der Waals surface area contributed by atoms with E-state index < -0.39 is 0 Å². The summed E-state index contributed by atoms with van der Waals surface area (Å²) in [6.45, 7) is 12.9. The Morgan fingerprint density at radius 3 is 2.47 bits per heavy atom. The van der Waals surface area contributed by atoms with E-state index in [0.717, 1.165) is 37.1 Å². The number of rotatable bonds is 8. The Morgan fingerprint density at radius 1 is 1.18 bits per heavy atom. The van der Waals surface area contributed by atoms with Crippen LogP contribution in [0.2, 0.25) is 0 Å². The zero-order chi connectivity index (χ0) is 12.7. The van der Waals surface area contributed by atoms with Gasteiger partial charge in [0.25, 0.3) is 0 Å². The van der Waals surface area contributed by atoms with Gasteiger partial charge in [-0.3, -0.25) is 0 Å². The zero-order valence-electron chi connectivity index (χ0n) is 11.5. The second kappa shape index (κ2) is 7.80. The highest BCUT2D eigenvalue weighted by atomic mass is 32.1. The van der Waals surface area contributed by atoms with E-state index in [1.165, 1.54) is 17.0 Å². The summed E-state index contributed by atoms with van der Waals surface area (Å²) in [5.41, 5.74) is 1.18. The number of thiazole rings is 1. The first-order valence-corrected chi connectivity index (χ1v) is 7.25. The summed E-state index contributed by atoms with van der Waals surface area (Å²) in [7, 11) is 0. The fourth-order valence-corrected chi connectivity index (χ4v) is 2.58. The Morgan fingerprint density at radius 2 is 1.88 bits per heavy atom. The van der Waals surface area contributed by atoms with Gasteiger partial charge in [0.15, 0.2) is 0 Å².